The van der Waals surface area contributed by atoms with E-state index in [1.165, 1.54) is 24.3 Å². The van der Waals surface area contributed by atoms with Crippen LogP contribution in [0.15, 0.2) is 92.1 Å². The summed E-state index contributed by atoms with van der Waals surface area (Å²) in [4.78, 5) is 11.0. The molecule has 0 aliphatic carbocycles. The Morgan fingerprint density at radius 2 is 1.41 bits per heavy atom. The van der Waals surface area contributed by atoms with E-state index in [1.54, 1.807) is 12.1 Å². The summed E-state index contributed by atoms with van der Waals surface area (Å²) in [6.07, 6.45) is 0. The molecule has 0 saturated heterocycles. The lowest BCUT2D eigenvalue weighted by atomic mass is 10.2. The highest BCUT2D eigenvalue weighted by atomic mass is 32.1. The van der Waals surface area contributed by atoms with Crippen molar-refractivity contribution < 1.29 is 4.92 Å². The zero-order chi connectivity index (χ0) is 19.2. The number of hydrogen-bond donors (Lipinski definition) is 1. The van der Waals surface area contributed by atoms with Crippen LogP contribution in [0, 0.1) is 17.0 Å². The highest BCUT2D eigenvalue weighted by Crippen LogP contribution is 2.32. The smallest absolute Gasteiger partial charge is 0.258 e. The molecule has 0 aliphatic heterocycles. The third kappa shape index (κ3) is 4.83. The Morgan fingerprint density at radius 3 is 2.04 bits per heavy atom. The maximum atomic E-state index is 10.7. The monoisotopic (exact) mass is 377 g/mol. The predicted molar refractivity (Wildman–Crippen MR) is 106 cm³/mol. The molecule has 0 atom stereocenters. The van der Waals surface area contributed by atoms with Crippen molar-refractivity contribution in [3.8, 4) is 0 Å². The van der Waals surface area contributed by atoms with Crippen molar-refractivity contribution in [3.63, 3.8) is 0 Å². The average molecular weight is 377 g/mol. The number of nitrogens with zero attached hydrogens (tertiary/aromatic N) is 5. The van der Waals surface area contributed by atoms with Gasteiger partial charge < -0.3 is 0 Å². The largest absolute Gasteiger partial charge is 0.269 e. The molecule has 134 valence electrons. The van der Waals surface area contributed by atoms with E-state index in [9.17, 15) is 10.1 Å². The van der Waals surface area contributed by atoms with Gasteiger partial charge in [-0.3, -0.25) is 10.1 Å². The number of aryl methyl sites for hydroxylation is 1. The van der Waals surface area contributed by atoms with Gasteiger partial charge in [-0.05, 0) is 48.9 Å². The maximum Gasteiger partial charge on any atom is 0.269 e. The van der Waals surface area contributed by atoms with Crippen LogP contribution < -0.4 is 0 Å². The van der Waals surface area contributed by atoms with Crippen LogP contribution >= 0.6 is 12.6 Å². The van der Waals surface area contributed by atoms with Gasteiger partial charge in [0.05, 0.1) is 16.3 Å². The second-order valence-electron chi connectivity index (χ2n) is 5.65. The van der Waals surface area contributed by atoms with E-state index >= 15 is 0 Å². The fourth-order valence-electron chi connectivity index (χ4n) is 2.21. The molecule has 3 aromatic carbocycles. The Morgan fingerprint density at radius 1 is 0.815 bits per heavy atom. The normalized spacial score (nSPS) is 11.3. The molecule has 0 spiro atoms. The third-order valence-electron chi connectivity index (χ3n) is 3.61. The highest BCUT2D eigenvalue weighted by Gasteiger charge is 2.04. The lowest BCUT2D eigenvalue weighted by Crippen LogP contribution is -1.85. The molecule has 0 heterocycles. The number of nitro benzene ring substituents is 1. The number of hydrogen-bond acceptors (Lipinski definition) is 7. The number of azo groups is 2. The second-order valence-corrected chi connectivity index (χ2v) is 6.14. The first kappa shape index (κ1) is 18.4. The fraction of sp³-hybridized carbons (Fsp3) is 0.0526. The van der Waals surface area contributed by atoms with Crippen LogP contribution in [-0.2, 0) is 0 Å². The molecule has 0 N–H and O–H groups in total. The average Bonchev–Trinajstić information content (AvgIpc) is 2.68. The van der Waals surface area contributed by atoms with Crippen LogP contribution in [0.3, 0.4) is 0 Å². The second kappa shape index (κ2) is 8.33. The third-order valence-corrected chi connectivity index (χ3v) is 3.99. The number of nitro groups is 1. The van der Waals surface area contributed by atoms with Crippen molar-refractivity contribution in [2.75, 3.05) is 0 Å². The number of benzene rings is 3. The number of non-ortho nitro benzene ring substituents is 1. The molecule has 3 rings (SSSR count). The van der Waals surface area contributed by atoms with E-state index in [-0.39, 0.29) is 5.69 Å². The van der Waals surface area contributed by atoms with Crippen LogP contribution in [-0.4, -0.2) is 4.92 Å². The highest BCUT2D eigenvalue weighted by molar-refractivity contribution is 7.80. The molecule has 0 aromatic heterocycles. The van der Waals surface area contributed by atoms with Crippen molar-refractivity contribution in [3.05, 3.63) is 82.4 Å². The Labute approximate surface area is 161 Å². The molecule has 27 heavy (non-hydrogen) atoms. The summed E-state index contributed by atoms with van der Waals surface area (Å²) < 4.78 is 0. The molecule has 0 bridgehead atoms. The first-order chi connectivity index (χ1) is 13.0. The Kier molecular flexibility index (Phi) is 5.68. The molecule has 3 aromatic rings. The molecule has 0 aliphatic rings. The van der Waals surface area contributed by atoms with Crippen molar-refractivity contribution in [1.82, 2.24) is 0 Å². The van der Waals surface area contributed by atoms with Gasteiger partial charge in [-0.1, -0.05) is 18.2 Å². The quantitative estimate of drug-likeness (QED) is 0.224. The molecule has 0 unspecified atom stereocenters. The minimum Gasteiger partial charge on any atom is -0.258 e. The van der Waals surface area contributed by atoms with Gasteiger partial charge in [-0.2, -0.15) is 5.11 Å². The van der Waals surface area contributed by atoms with Gasteiger partial charge >= 0.3 is 0 Å². The van der Waals surface area contributed by atoms with Crippen molar-refractivity contribution in [1.29, 1.82) is 0 Å². The molecule has 0 radical (unpaired) electrons. The molecule has 0 amide bonds. The van der Waals surface area contributed by atoms with Crippen LogP contribution in [0.2, 0.25) is 0 Å². The predicted octanol–water partition coefficient (Wildman–Crippen LogP) is 7.02. The van der Waals surface area contributed by atoms with Gasteiger partial charge in [-0.15, -0.1) is 28.0 Å². The van der Waals surface area contributed by atoms with Gasteiger partial charge in [-0.25, -0.2) is 0 Å². The summed E-state index contributed by atoms with van der Waals surface area (Å²) in [7, 11) is 0. The number of thiol groups is 1. The van der Waals surface area contributed by atoms with Crippen molar-refractivity contribution >= 4 is 41.1 Å². The Balaban J connectivity index is 1.84. The fourth-order valence-corrected chi connectivity index (χ4v) is 2.39. The van der Waals surface area contributed by atoms with Crippen LogP contribution in [0.4, 0.5) is 28.4 Å². The molecular formula is C19H15N5O2S. The summed E-state index contributed by atoms with van der Waals surface area (Å²) in [5.41, 5.74) is 3.33. The summed E-state index contributed by atoms with van der Waals surface area (Å²) >= 11 is 4.39. The van der Waals surface area contributed by atoms with Gasteiger partial charge in [0.1, 0.15) is 11.4 Å². The first-order valence-electron chi connectivity index (χ1n) is 7.99. The van der Waals surface area contributed by atoms with Crippen LogP contribution in [0.1, 0.15) is 5.56 Å². The SMILES string of the molecule is Cc1ccc(S)c(N=Nc2ccccc2N=Nc2ccc([N+](=O)[O-])cc2)c1. The first-order valence-corrected chi connectivity index (χ1v) is 8.44. The van der Waals surface area contributed by atoms with Crippen molar-refractivity contribution in [2.24, 2.45) is 20.5 Å². The topological polar surface area (TPSA) is 92.6 Å². The molecule has 7 nitrogen and oxygen atoms in total. The van der Waals surface area contributed by atoms with Gasteiger partial charge in [0.2, 0.25) is 0 Å². The van der Waals surface area contributed by atoms with E-state index in [0.29, 0.717) is 22.7 Å². The lowest BCUT2D eigenvalue weighted by molar-refractivity contribution is -0.384. The summed E-state index contributed by atoms with van der Waals surface area (Å²) in [6.45, 7) is 1.97. The zero-order valence-corrected chi connectivity index (χ0v) is 15.2. The maximum absolute atomic E-state index is 10.7. The summed E-state index contributed by atoms with van der Waals surface area (Å²) in [5.74, 6) is 0. The zero-order valence-electron chi connectivity index (χ0n) is 14.4. The van der Waals surface area contributed by atoms with Gasteiger partial charge in [0.25, 0.3) is 5.69 Å². The van der Waals surface area contributed by atoms with E-state index in [2.05, 4.69) is 33.1 Å². The van der Waals surface area contributed by atoms with Crippen molar-refractivity contribution in [2.45, 2.75) is 11.8 Å². The van der Waals surface area contributed by atoms with Gasteiger partial charge in [0.15, 0.2) is 0 Å². The Bertz CT molecular complexity index is 1030. The van der Waals surface area contributed by atoms with Crippen LogP contribution in [0.25, 0.3) is 0 Å². The molecule has 0 saturated carbocycles. The molecule has 8 heteroatoms. The van der Waals surface area contributed by atoms with E-state index in [0.717, 1.165) is 10.5 Å². The Hall–Kier alpha value is -3.39. The molecular weight excluding hydrogens is 362 g/mol. The lowest BCUT2D eigenvalue weighted by Gasteiger charge is -2.01. The number of rotatable bonds is 5. The summed E-state index contributed by atoms with van der Waals surface area (Å²) in [5, 5.41) is 27.5. The summed E-state index contributed by atoms with van der Waals surface area (Å²) in [6, 6.07) is 18.7. The standard InChI is InChI=1S/C19H15N5O2S/c1-13-6-11-19(27)18(12-13)23-22-17-5-3-2-4-16(17)21-20-14-7-9-15(10-8-14)24(25)26/h2-12,27H,1H3. The van der Waals surface area contributed by atoms with Gasteiger partial charge in [0, 0.05) is 17.0 Å². The van der Waals surface area contributed by atoms with Crippen LogP contribution in [0.5, 0.6) is 0 Å². The van der Waals surface area contributed by atoms with E-state index in [4.69, 9.17) is 0 Å². The van der Waals surface area contributed by atoms with E-state index in [1.807, 2.05) is 37.3 Å². The minimum absolute atomic E-state index is 0.00358. The van der Waals surface area contributed by atoms with E-state index < -0.39 is 4.92 Å². The molecule has 0 fully saturated rings. The minimum atomic E-state index is -0.461.